The lowest BCUT2D eigenvalue weighted by Gasteiger charge is -2.37. The maximum atomic E-state index is 6.25. The lowest BCUT2D eigenvalue weighted by Crippen LogP contribution is -2.45. The molecule has 3 aromatic heterocycles. The van der Waals surface area contributed by atoms with Gasteiger partial charge in [0.2, 0.25) is 0 Å². The fraction of sp³-hybridized carbons (Fsp3) is 0.538. The zero-order valence-corrected chi connectivity index (χ0v) is 20.3. The van der Waals surface area contributed by atoms with Crippen LogP contribution in [0.5, 0.6) is 0 Å². The highest BCUT2D eigenvalue weighted by Gasteiger charge is 2.35. The van der Waals surface area contributed by atoms with Gasteiger partial charge < -0.3 is 19.8 Å². The van der Waals surface area contributed by atoms with Crippen molar-refractivity contribution in [1.29, 1.82) is 0 Å². The summed E-state index contributed by atoms with van der Waals surface area (Å²) in [6.07, 6.45) is 7.62. The number of aromatic nitrogens is 3. The molecule has 0 saturated carbocycles. The van der Waals surface area contributed by atoms with Crippen LogP contribution in [0.25, 0.3) is 16.8 Å². The van der Waals surface area contributed by atoms with E-state index in [9.17, 15) is 0 Å². The summed E-state index contributed by atoms with van der Waals surface area (Å²) in [4.78, 5) is 14.7. The molecule has 2 saturated heterocycles. The summed E-state index contributed by atoms with van der Waals surface area (Å²) in [5.41, 5.74) is 13.1. The first-order valence-corrected chi connectivity index (χ1v) is 12.2. The Morgan fingerprint density at radius 1 is 1.09 bits per heavy atom. The third-order valence-electron chi connectivity index (χ3n) is 7.41. The molecule has 7 nitrogen and oxygen atoms in total. The third kappa shape index (κ3) is 4.25. The Kier molecular flexibility index (Phi) is 6.12. The molecule has 0 unspecified atom stereocenters. The van der Waals surface area contributed by atoms with Crippen LogP contribution in [-0.4, -0.2) is 70.7 Å². The van der Waals surface area contributed by atoms with Gasteiger partial charge in [-0.15, -0.1) is 0 Å². The number of fused-ring (bicyclic) bond motifs is 1. The van der Waals surface area contributed by atoms with Gasteiger partial charge in [-0.05, 0) is 56.9 Å². The highest BCUT2D eigenvalue weighted by molar-refractivity contribution is 5.70. The number of aryl methyl sites for hydroxylation is 3. The van der Waals surface area contributed by atoms with Crippen LogP contribution in [0.3, 0.4) is 0 Å². The van der Waals surface area contributed by atoms with Gasteiger partial charge in [-0.1, -0.05) is 6.92 Å². The first kappa shape index (κ1) is 22.3. The molecule has 5 rings (SSSR count). The Balaban J connectivity index is 1.32. The quantitative estimate of drug-likeness (QED) is 0.646. The van der Waals surface area contributed by atoms with E-state index in [1.165, 1.54) is 16.7 Å². The van der Waals surface area contributed by atoms with E-state index in [1.54, 1.807) is 7.11 Å². The SMILES string of the molecule is CCc1nc(N2CCC(N3C[C@@H](N)[C@H](OC)C3)CC2)ccc1-c1cc(C)c2nc(C)cn2c1. The van der Waals surface area contributed by atoms with E-state index < -0.39 is 0 Å². The number of nitrogens with two attached hydrogens (primary N) is 1. The molecule has 3 aromatic rings. The second kappa shape index (κ2) is 9.05. The topological polar surface area (TPSA) is 71.9 Å². The van der Waals surface area contributed by atoms with Crippen molar-refractivity contribution in [3.63, 3.8) is 0 Å². The van der Waals surface area contributed by atoms with Gasteiger partial charge in [-0.3, -0.25) is 4.90 Å². The molecule has 176 valence electrons. The highest BCUT2D eigenvalue weighted by atomic mass is 16.5. The van der Waals surface area contributed by atoms with Crippen LogP contribution >= 0.6 is 0 Å². The minimum absolute atomic E-state index is 0.128. The molecule has 33 heavy (non-hydrogen) atoms. The number of hydrogen-bond acceptors (Lipinski definition) is 6. The van der Waals surface area contributed by atoms with Crippen LogP contribution in [-0.2, 0) is 11.2 Å². The van der Waals surface area contributed by atoms with Crippen molar-refractivity contribution in [2.24, 2.45) is 5.73 Å². The van der Waals surface area contributed by atoms with Crippen molar-refractivity contribution in [3.05, 3.63) is 47.5 Å². The third-order valence-corrected chi connectivity index (χ3v) is 7.41. The van der Waals surface area contributed by atoms with E-state index in [1.807, 2.05) is 6.92 Å². The standard InChI is InChI=1S/C26H36N6O/c1-5-23-21(19-12-17(2)26-28-18(3)13-32(26)14-19)6-7-25(29-23)30-10-8-20(9-11-30)31-15-22(27)24(16-31)33-4/h6-7,12-14,20,22,24H,5,8-11,15-16,27H2,1-4H3/t22-,24-/m1/s1. The molecule has 2 aliphatic rings. The van der Waals surface area contributed by atoms with Gasteiger partial charge in [0.1, 0.15) is 11.5 Å². The molecule has 0 radical (unpaired) electrons. The number of rotatable bonds is 5. The van der Waals surface area contributed by atoms with E-state index in [4.69, 9.17) is 15.5 Å². The average Bonchev–Trinajstić information content (AvgIpc) is 3.40. The molecule has 2 aliphatic heterocycles. The summed E-state index contributed by atoms with van der Waals surface area (Å²) in [6, 6.07) is 7.40. The molecule has 2 N–H and O–H groups in total. The summed E-state index contributed by atoms with van der Waals surface area (Å²) in [6.45, 7) is 10.3. The minimum atomic E-state index is 0.128. The fourth-order valence-corrected chi connectivity index (χ4v) is 5.57. The van der Waals surface area contributed by atoms with Crippen molar-refractivity contribution in [2.45, 2.75) is 58.2 Å². The molecule has 0 bridgehead atoms. The zero-order valence-electron chi connectivity index (χ0n) is 20.3. The Morgan fingerprint density at radius 3 is 2.58 bits per heavy atom. The van der Waals surface area contributed by atoms with Crippen LogP contribution in [0.4, 0.5) is 5.82 Å². The van der Waals surface area contributed by atoms with Gasteiger partial charge in [0, 0.05) is 68.9 Å². The summed E-state index contributed by atoms with van der Waals surface area (Å²) in [5.74, 6) is 1.10. The molecule has 5 heterocycles. The number of likely N-dealkylation sites (tertiary alicyclic amines) is 1. The Bertz CT molecular complexity index is 1130. The van der Waals surface area contributed by atoms with Crippen LogP contribution in [0.2, 0.25) is 0 Å². The maximum Gasteiger partial charge on any atom is 0.139 e. The lowest BCUT2D eigenvalue weighted by molar-refractivity contribution is 0.0905. The van der Waals surface area contributed by atoms with Crippen molar-refractivity contribution < 1.29 is 4.74 Å². The van der Waals surface area contributed by atoms with Crippen LogP contribution in [0.15, 0.2) is 30.6 Å². The van der Waals surface area contributed by atoms with Crippen molar-refractivity contribution in [3.8, 4) is 11.1 Å². The van der Waals surface area contributed by atoms with Crippen LogP contribution in [0, 0.1) is 13.8 Å². The molecular formula is C26H36N6O. The monoisotopic (exact) mass is 448 g/mol. The van der Waals surface area contributed by atoms with E-state index in [0.717, 1.165) is 68.3 Å². The second-order valence-corrected chi connectivity index (χ2v) is 9.65. The van der Waals surface area contributed by atoms with Gasteiger partial charge in [0.25, 0.3) is 0 Å². The van der Waals surface area contributed by atoms with Gasteiger partial charge in [0.15, 0.2) is 0 Å². The van der Waals surface area contributed by atoms with Crippen LogP contribution < -0.4 is 10.6 Å². The Morgan fingerprint density at radius 2 is 1.88 bits per heavy atom. The predicted molar refractivity (Wildman–Crippen MR) is 133 cm³/mol. The van der Waals surface area contributed by atoms with Gasteiger partial charge >= 0.3 is 0 Å². The first-order chi connectivity index (χ1) is 16.0. The number of nitrogens with zero attached hydrogens (tertiary/aromatic N) is 5. The van der Waals surface area contributed by atoms with Crippen molar-refractivity contribution >= 4 is 11.5 Å². The van der Waals surface area contributed by atoms with Gasteiger partial charge in [-0.2, -0.15) is 0 Å². The second-order valence-electron chi connectivity index (χ2n) is 9.65. The van der Waals surface area contributed by atoms with E-state index in [-0.39, 0.29) is 12.1 Å². The lowest BCUT2D eigenvalue weighted by atomic mass is 10.0. The first-order valence-electron chi connectivity index (χ1n) is 12.2. The Labute approximate surface area is 196 Å². The molecule has 2 atom stereocenters. The summed E-state index contributed by atoms with van der Waals surface area (Å²) in [5, 5.41) is 0. The van der Waals surface area contributed by atoms with E-state index in [0.29, 0.717) is 6.04 Å². The maximum absolute atomic E-state index is 6.25. The van der Waals surface area contributed by atoms with E-state index in [2.05, 4.69) is 63.6 Å². The molecular weight excluding hydrogens is 412 g/mol. The minimum Gasteiger partial charge on any atom is -0.378 e. The number of methoxy groups -OCH3 is 1. The molecule has 0 spiro atoms. The van der Waals surface area contributed by atoms with Crippen LogP contribution in [0.1, 0.15) is 36.7 Å². The van der Waals surface area contributed by atoms with Crippen molar-refractivity contribution in [2.75, 3.05) is 38.2 Å². The summed E-state index contributed by atoms with van der Waals surface area (Å²) in [7, 11) is 1.77. The number of pyridine rings is 2. The van der Waals surface area contributed by atoms with Gasteiger partial charge in [0.05, 0.1) is 17.5 Å². The molecule has 0 amide bonds. The number of imidazole rings is 1. The summed E-state index contributed by atoms with van der Waals surface area (Å²) >= 11 is 0. The Hall–Kier alpha value is -2.48. The number of piperidine rings is 1. The van der Waals surface area contributed by atoms with Crippen molar-refractivity contribution in [1.82, 2.24) is 19.3 Å². The van der Waals surface area contributed by atoms with Gasteiger partial charge in [-0.25, -0.2) is 9.97 Å². The van der Waals surface area contributed by atoms with E-state index >= 15 is 0 Å². The smallest absolute Gasteiger partial charge is 0.139 e. The number of anilines is 1. The number of ether oxygens (including phenoxy) is 1. The fourth-order valence-electron chi connectivity index (χ4n) is 5.57. The largest absolute Gasteiger partial charge is 0.378 e. The number of hydrogen-bond donors (Lipinski definition) is 1. The molecule has 7 heteroatoms. The zero-order chi connectivity index (χ0) is 23.1. The normalized spacial score (nSPS) is 22.5. The predicted octanol–water partition coefficient (Wildman–Crippen LogP) is 3.20. The summed E-state index contributed by atoms with van der Waals surface area (Å²) < 4.78 is 7.68. The highest BCUT2D eigenvalue weighted by Crippen LogP contribution is 2.30. The molecule has 2 fully saturated rings. The molecule has 0 aliphatic carbocycles. The average molecular weight is 449 g/mol. The molecule has 0 aromatic carbocycles.